The first kappa shape index (κ1) is 17.8. The number of nitrogens with two attached hydrogens (primary N) is 1. The Kier molecular flexibility index (Phi) is 4.58. The van der Waals surface area contributed by atoms with Crippen LogP contribution < -0.4 is 11.1 Å². The molecule has 0 aliphatic rings. The Morgan fingerprint density at radius 2 is 2.07 bits per heavy atom. The number of nitrogens with one attached hydrogen (secondary N) is 2. The number of hydrogen-bond acceptors (Lipinski definition) is 7. The molecule has 0 aliphatic heterocycles. The van der Waals surface area contributed by atoms with Gasteiger partial charge in [-0.1, -0.05) is 12.1 Å². The highest BCUT2D eigenvalue weighted by atomic mass is 32.1. The molecular formula is C19H17N7OS. The summed E-state index contributed by atoms with van der Waals surface area (Å²) in [5.74, 6) is -0.102. The zero-order valence-corrected chi connectivity index (χ0v) is 15.8. The first-order valence-corrected chi connectivity index (χ1v) is 9.43. The van der Waals surface area contributed by atoms with E-state index >= 15 is 0 Å². The first-order chi connectivity index (χ1) is 13.6. The van der Waals surface area contributed by atoms with Crippen molar-refractivity contribution in [3.63, 3.8) is 0 Å². The Hall–Kier alpha value is -3.59. The second kappa shape index (κ2) is 7.20. The SMILES string of the molecule is CCNC(=O)c1cc2c(C(=N)c3ccc(-n4cccn4)cc3)nc(N)nc2s1. The molecule has 0 radical (unpaired) electrons. The molecule has 4 aromatic rings. The molecule has 3 aromatic heterocycles. The van der Waals surface area contributed by atoms with Gasteiger partial charge in [0.15, 0.2) is 0 Å². The van der Waals surface area contributed by atoms with Crippen molar-refractivity contribution in [1.29, 1.82) is 5.41 Å². The topological polar surface area (TPSA) is 123 Å². The molecule has 1 amide bonds. The highest BCUT2D eigenvalue weighted by Gasteiger charge is 2.18. The fourth-order valence-corrected chi connectivity index (χ4v) is 3.78. The van der Waals surface area contributed by atoms with E-state index in [9.17, 15) is 4.79 Å². The molecule has 140 valence electrons. The number of rotatable bonds is 5. The average Bonchev–Trinajstić information content (AvgIpc) is 3.37. The third-order valence-electron chi connectivity index (χ3n) is 4.13. The maximum Gasteiger partial charge on any atom is 0.261 e. The minimum atomic E-state index is -0.176. The quantitative estimate of drug-likeness (QED) is 0.451. The molecule has 9 heteroatoms. The number of carbonyl (C=O) groups is 1. The van der Waals surface area contributed by atoms with Crippen LogP contribution in [0.4, 0.5) is 5.95 Å². The number of fused-ring (bicyclic) bond motifs is 1. The third kappa shape index (κ3) is 3.23. The van der Waals surface area contributed by atoms with E-state index in [1.807, 2.05) is 43.5 Å². The normalized spacial score (nSPS) is 10.9. The van der Waals surface area contributed by atoms with Crippen molar-refractivity contribution in [2.24, 2.45) is 0 Å². The van der Waals surface area contributed by atoms with Crippen LogP contribution in [0.3, 0.4) is 0 Å². The van der Waals surface area contributed by atoms with Crippen molar-refractivity contribution in [3.8, 4) is 5.69 Å². The van der Waals surface area contributed by atoms with Gasteiger partial charge in [-0.2, -0.15) is 5.10 Å². The van der Waals surface area contributed by atoms with Crippen molar-refractivity contribution in [3.05, 3.63) is 64.9 Å². The van der Waals surface area contributed by atoms with E-state index in [1.165, 1.54) is 11.3 Å². The fraction of sp³-hybridized carbons (Fsp3) is 0.105. The highest BCUT2D eigenvalue weighted by molar-refractivity contribution is 7.20. The van der Waals surface area contributed by atoms with Gasteiger partial charge in [-0.15, -0.1) is 11.3 Å². The molecule has 4 N–H and O–H groups in total. The van der Waals surface area contributed by atoms with Crippen LogP contribution >= 0.6 is 11.3 Å². The number of benzene rings is 1. The van der Waals surface area contributed by atoms with Crippen molar-refractivity contribution in [2.45, 2.75) is 6.92 Å². The van der Waals surface area contributed by atoms with Crippen LogP contribution in [0.25, 0.3) is 15.9 Å². The second-order valence-corrected chi connectivity index (χ2v) is 7.02. The van der Waals surface area contributed by atoms with Gasteiger partial charge in [0.2, 0.25) is 5.95 Å². The standard InChI is InChI=1S/C19H17N7OS/c1-2-22-17(27)14-10-13-16(24-19(21)25-18(13)28-14)15(20)11-4-6-12(7-5-11)26-9-3-8-23-26/h3-10,20H,2H2,1H3,(H,22,27)(H2,21,24,25). The Labute approximate surface area is 164 Å². The summed E-state index contributed by atoms with van der Waals surface area (Å²) >= 11 is 1.24. The van der Waals surface area contributed by atoms with Crippen molar-refractivity contribution < 1.29 is 4.79 Å². The van der Waals surface area contributed by atoms with Gasteiger partial charge in [0.05, 0.1) is 16.3 Å². The summed E-state index contributed by atoms with van der Waals surface area (Å²) in [4.78, 5) is 21.7. The largest absolute Gasteiger partial charge is 0.368 e. The zero-order valence-electron chi connectivity index (χ0n) is 15.0. The Balaban J connectivity index is 1.73. The molecule has 4 rings (SSSR count). The smallest absolute Gasteiger partial charge is 0.261 e. The van der Waals surface area contributed by atoms with Crippen LogP contribution in [0, 0.1) is 5.41 Å². The van der Waals surface area contributed by atoms with Gasteiger partial charge < -0.3 is 11.1 Å². The van der Waals surface area contributed by atoms with Gasteiger partial charge in [-0.05, 0) is 31.2 Å². The van der Waals surface area contributed by atoms with E-state index in [2.05, 4.69) is 20.4 Å². The number of nitrogens with zero attached hydrogens (tertiary/aromatic N) is 4. The predicted molar refractivity (Wildman–Crippen MR) is 109 cm³/mol. The number of nitrogen functional groups attached to an aromatic ring is 1. The van der Waals surface area contributed by atoms with Gasteiger partial charge in [-0.25, -0.2) is 14.6 Å². The molecule has 0 fully saturated rings. The fourth-order valence-electron chi connectivity index (χ4n) is 2.83. The van der Waals surface area contributed by atoms with Crippen LogP contribution in [-0.4, -0.2) is 37.9 Å². The predicted octanol–water partition coefficient (Wildman–Crippen LogP) is 2.63. The molecule has 0 aliphatic carbocycles. The summed E-state index contributed by atoms with van der Waals surface area (Å²) in [5, 5.41) is 16.2. The van der Waals surface area contributed by atoms with Crippen LogP contribution in [0.15, 0.2) is 48.8 Å². The van der Waals surface area contributed by atoms with Crippen molar-refractivity contribution in [2.75, 3.05) is 12.3 Å². The molecule has 0 saturated heterocycles. The van der Waals surface area contributed by atoms with E-state index in [1.54, 1.807) is 16.9 Å². The van der Waals surface area contributed by atoms with Gasteiger partial charge in [0.1, 0.15) is 10.5 Å². The monoisotopic (exact) mass is 391 g/mol. The molecule has 28 heavy (non-hydrogen) atoms. The van der Waals surface area contributed by atoms with Crippen LogP contribution in [0.1, 0.15) is 27.9 Å². The molecule has 0 unspecified atom stereocenters. The molecule has 3 heterocycles. The molecular weight excluding hydrogens is 374 g/mol. The van der Waals surface area contributed by atoms with Crippen LogP contribution in [0.2, 0.25) is 0 Å². The number of aromatic nitrogens is 4. The van der Waals surface area contributed by atoms with E-state index in [0.717, 1.165) is 5.69 Å². The molecule has 0 saturated carbocycles. The van der Waals surface area contributed by atoms with Gasteiger partial charge >= 0.3 is 0 Å². The minimum Gasteiger partial charge on any atom is -0.368 e. The summed E-state index contributed by atoms with van der Waals surface area (Å²) in [6.07, 6.45) is 3.56. The Morgan fingerprint density at radius 1 is 1.29 bits per heavy atom. The second-order valence-electron chi connectivity index (χ2n) is 5.99. The van der Waals surface area contributed by atoms with Crippen molar-refractivity contribution in [1.82, 2.24) is 25.1 Å². The maximum atomic E-state index is 12.2. The average molecular weight is 391 g/mol. The summed E-state index contributed by atoms with van der Waals surface area (Å²) < 4.78 is 1.74. The number of carbonyl (C=O) groups excluding carboxylic acids is 1. The molecule has 0 bridgehead atoms. The zero-order chi connectivity index (χ0) is 19.7. The summed E-state index contributed by atoms with van der Waals surface area (Å²) in [7, 11) is 0. The third-order valence-corrected chi connectivity index (χ3v) is 5.16. The highest BCUT2D eigenvalue weighted by Crippen LogP contribution is 2.28. The molecule has 8 nitrogen and oxygen atoms in total. The molecule has 0 atom stereocenters. The minimum absolute atomic E-state index is 0.0738. The number of thiophene rings is 1. The van der Waals surface area contributed by atoms with E-state index in [0.29, 0.717) is 32.9 Å². The summed E-state index contributed by atoms with van der Waals surface area (Å²) in [6, 6.07) is 11.0. The lowest BCUT2D eigenvalue weighted by Crippen LogP contribution is -2.21. The summed E-state index contributed by atoms with van der Waals surface area (Å²) in [6.45, 7) is 2.39. The lowest BCUT2D eigenvalue weighted by Gasteiger charge is -2.07. The Morgan fingerprint density at radius 3 is 2.75 bits per heavy atom. The lowest BCUT2D eigenvalue weighted by molar-refractivity contribution is 0.0960. The van der Waals surface area contributed by atoms with E-state index in [4.69, 9.17) is 11.1 Å². The van der Waals surface area contributed by atoms with E-state index in [-0.39, 0.29) is 17.6 Å². The summed E-state index contributed by atoms with van der Waals surface area (Å²) in [5.41, 5.74) is 8.04. The van der Waals surface area contributed by atoms with Crippen LogP contribution in [0.5, 0.6) is 0 Å². The number of anilines is 1. The van der Waals surface area contributed by atoms with Gasteiger partial charge in [0.25, 0.3) is 5.91 Å². The number of amides is 1. The van der Waals surface area contributed by atoms with Gasteiger partial charge in [0, 0.05) is 29.9 Å². The first-order valence-electron chi connectivity index (χ1n) is 8.61. The lowest BCUT2D eigenvalue weighted by atomic mass is 10.0. The van der Waals surface area contributed by atoms with Gasteiger partial charge in [-0.3, -0.25) is 10.2 Å². The van der Waals surface area contributed by atoms with Crippen molar-refractivity contribution >= 4 is 39.1 Å². The molecule has 1 aromatic carbocycles. The van der Waals surface area contributed by atoms with E-state index < -0.39 is 0 Å². The van der Waals surface area contributed by atoms with Crippen LogP contribution in [-0.2, 0) is 0 Å². The maximum absolute atomic E-state index is 12.2. The Bertz CT molecular complexity index is 1160. The molecule has 0 spiro atoms. The number of hydrogen-bond donors (Lipinski definition) is 3.